The van der Waals surface area contributed by atoms with Gasteiger partial charge in [-0.05, 0) is 66.9 Å². The highest BCUT2D eigenvalue weighted by Gasteiger charge is 2.35. The van der Waals surface area contributed by atoms with Crippen molar-refractivity contribution in [3.05, 3.63) is 124 Å². The minimum absolute atomic E-state index is 0.0136. The molecule has 0 aromatic heterocycles. The van der Waals surface area contributed by atoms with E-state index in [-0.39, 0.29) is 40.2 Å². The Morgan fingerprint density at radius 2 is 1.53 bits per heavy atom. The Kier molecular flexibility index (Phi) is 12.7. The van der Waals surface area contributed by atoms with Gasteiger partial charge in [-0.25, -0.2) is 8.42 Å². The Balaban J connectivity index is 1.83. The molecule has 1 N–H and O–H groups in total. The summed E-state index contributed by atoms with van der Waals surface area (Å²) in [5.74, 6) is -0.720. The fourth-order valence-electron chi connectivity index (χ4n) is 5.06. The lowest BCUT2D eigenvalue weighted by molar-refractivity contribution is -0.140. The lowest BCUT2D eigenvalue weighted by atomic mass is 10.0. The van der Waals surface area contributed by atoms with Crippen molar-refractivity contribution in [2.24, 2.45) is 0 Å². The number of halogens is 2. The van der Waals surface area contributed by atoms with E-state index in [1.54, 1.807) is 48.5 Å². The number of carbonyl (C=O) groups excluding carboxylic acids is 2. The van der Waals surface area contributed by atoms with Crippen LogP contribution < -0.4 is 14.4 Å². The summed E-state index contributed by atoms with van der Waals surface area (Å²) in [5.41, 5.74) is 2.53. The van der Waals surface area contributed by atoms with Crippen LogP contribution in [0.1, 0.15) is 36.5 Å². The molecule has 0 aliphatic heterocycles. The Hall–Kier alpha value is -4.05. The van der Waals surface area contributed by atoms with Crippen molar-refractivity contribution in [3.63, 3.8) is 0 Å². The topological polar surface area (TPSA) is 96.0 Å². The zero-order valence-corrected chi connectivity index (χ0v) is 29.0. The van der Waals surface area contributed by atoms with E-state index in [0.717, 1.165) is 33.8 Å². The number of methoxy groups -OCH3 is 1. The highest BCUT2D eigenvalue weighted by Crippen LogP contribution is 2.35. The van der Waals surface area contributed by atoms with Gasteiger partial charge in [0.05, 0.1) is 17.7 Å². The molecule has 2 amide bonds. The van der Waals surface area contributed by atoms with Gasteiger partial charge in [-0.2, -0.15) is 0 Å². The van der Waals surface area contributed by atoms with E-state index in [1.165, 1.54) is 30.2 Å². The van der Waals surface area contributed by atoms with Gasteiger partial charge in [0.2, 0.25) is 11.8 Å². The summed E-state index contributed by atoms with van der Waals surface area (Å²) >= 11 is 12.5. The molecule has 0 heterocycles. The molecule has 0 bridgehead atoms. The molecule has 8 nitrogen and oxygen atoms in total. The third-order valence-electron chi connectivity index (χ3n) is 7.66. The largest absolute Gasteiger partial charge is 0.495 e. The first kappa shape index (κ1) is 35.8. The zero-order chi connectivity index (χ0) is 34.0. The van der Waals surface area contributed by atoms with Gasteiger partial charge in [-0.15, -0.1) is 0 Å². The molecule has 4 aromatic rings. The maximum absolute atomic E-state index is 14.6. The molecule has 1 atom stereocenters. The van der Waals surface area contributed by atoms with Gasteiger partial charge in [-0.1, -0.05) is 96.7 Å². The molecule has 0 unspecified atom stereocenters. The van der Waals surface area contributed by atoms with Crippen LogP contribution in [0.15, 0.2) is 102 Å². The maximum Gasteiger partial charge on any atom is 0.264 e. The minimum Gasteiger partial charge on any atom is -0.495 e. The standard InChI is InChI=1S/C36H39Cl2N3O5S/c1-4-5-21-39-36(43)33(22-27-9-7-6-8-10-27)40(24-28-13-15-29(37)16-14-28)35(42)25-41(32-23-30(38)17-20-34(32)46-3)47(44,45)31-18-11-26(2)12-19-31/h6-20,23,33H,4-5,21-22,24-25H2,1-3H3,(H,39,43)/t33-/m1/s1. The fourth-order valence-corrected chi connectivity index (χ4v) is 6.76. The minimum atomic E-state index is -4.32. The van der Waals surface area contributed by atoms with Gasteiger partial charge in [0.25, 0.3) is 10.0 Å². The number of carbonyl (C=O) groups is 2. The molecule has 0 saturated carbocycles. The molecule has 0 radical (unpaired) electrons. The zero-order valence-electron chi connectivity index (χ0n) is 26.7. The number of aryl methyl sites for hydroxylation is 1. The lowest BCUT2D eigenvalue weighted by Crippen LogP contribution is -2.53. The van der Waals surface area contributed by atoms with Crippen LogP contribution in [-0.4, -0.2) is 51.4 Å². The van der Waals surface area contributed by atoms with Crippen LogP contribution in [0.3, 0.4) is 0 Å². The first-order chi connectivity index (χ1) is 22.5. The number of nitrogens with zero attached hydrogens (tertiary/aromatic N) is 2. The number of nitrogens with one attached hydrogen (secondary N) is 1. The lowest BCUT2D eigenvalue weighted by Gasteiger charge is -2.34. The number of anilines is 1. The Morgan fingerprint density at radius 1 is 0.872 bits per heavy atom. The van der Waals surface area contributed by atoms with E-state index in [2.05, 4.69) is 5.32 Å². The molecule has 0 aliphatic carbocycles. The Morgan fingerprint density at radius 3 is 2.17 bits per heavy atom. The maximum atomic E-state index is 14.6. The number of ether oxygens (including phenoxy) is 1. The second-order valence-corrected chi connectivity index (χ2v) is 13.9. The number of rotatable bonds is 15. The summed E-state index contributed by atoms with van der Waals surface area (Å²) in [4.78, 5) is 29.9. The van der Waals surface area contributed by atoms with Crippen molar-refractivity contribution < 1.29 is 22.7 Å². The van der Waals surface area contributed by atoms with E-state index in [0.29, 0.717) is 11.6 Å². The number of unbranched alkanes of at least 4 members (excludes halogenated alkanes) is 1. The summed E-state index contributed by atoms with van der Waals surface area (Å²) in [5, 5.41) is 3.76. The quantitative estimate of drug-likeness (QED) is 0.134. The first-order valence-electron chi connectivity index (χ1n) is 15.3. The SMILES string of the molecule is CCCCNC(=O)[C@@H](Cc1ccccc1)N(Cc1ccc(Cl)cc1)C(=O)CN(c1cc(Cl)ccc1OC)S(=O)(=O)c1ccc(C)cc1. The summed E-state index contributed by atoms with van der Waals surface area (Å²) in [6.45, 7) is 3.72. The highest BCUT2D eigenvalue weighted by atomic mass is 35.5. The van der Waals surface area contributed by atoms with E-state index >= 15 is 0 Å². The van der Waals surface area contributed by atoms with Crippen molar-refractivity contribution >= 4 is 50.7 Å². The molecule has 0 saturated heterocycles. The van der Waals surface area contributed by atoms with Crippen molar-refractivity contribution in [2.75, 3.05) is 24.5 Å². The second kappa shape index (κ2) is 16.7. The first-order valence-corrected chi connectivity index (χ1v) is 17.5. The predicted octanol–water partition coefficient (Wildman–Crippen LogP) is 7.06. The highest BCUT2D eigenvalue weighted by molar-refractivity contribution is 7.92. The van der Waals surface area contributed by atoms with Crippen LogP contribution >= 0.6 is 23.2 Å². The van der Waals surface area contributed by atoms with Crippen LogP contribution in [0.25, 0.3) is 0 Å². The number of hydrogen-bond donors (Lipinski definition) is 1. The van der Waals surface area contributed by atoms with E-state index in [1.807, 2.05) is 44.2 Å². The van der Waals surface area contributed by atoms with E-state index < -0.39 is 28.5 Å². The molecular formula is C36H39Cl2N3O5S. The summed E-state index contributed by atoms with van der Waals surface area (Å²) in [6, 6.07) is 26.3. The number of benzene rings is 4. The van der Waals surface area contributed by atoms with Crippen molar-refractivity contribution in [1.82, 2.24) is 10.2 Å². The Bertz CT molecular complexity index is 1750. The smallest absolute Gasteiger partial charge is 0.264 e. The van der Waals surface area contributed by atoms with Crippen LogP contribution in [0, 0.1) is 6.92 Å². The summed E-state index contributed by atoms with van der Waals surface area (Å²) in [6.07, 6.45) is 1.86. The number of hydrogen-bond acceptors (Lipinski definition) is 5. The fraction of sp³-hybridized carbons (Fsp3) is 0.278. The van der Waals surface area contributed by atoms with Crippen LogP contribution in [0.4, 0.5) is 5.69 Å². The van der Waals surface area contributed by atoms with Crippen LogP contribution in [0.2, 0.25) is 10.0 Å². The van der Waals surface area contributed by atoms with Gasteiger partial charge in [0.1, 0.15) is 18.3 Å². The summed E-state index contributed by atoms with van der Waals surface area (Å²) < 4.78 is 35.1. The van der Waals surface area contributed by atoms with Crippen molar-refractivity contribution in [1.29, 1.82) is 0 Å². The molecule has 11 heteroatoms. The molecule has 47 heavy (non-hydrogen) atoms. The van der Waals surface area contributed by atoms with Gasteiger partial charge in [-0.3, -0.25) is 13.9 Å². The normalized spacial score (nSPS) is 11.9. The van der Waals surface area contributed by atoms with Gasteiger partial charge in [0, 0.05) is 29.6 Å². The van der Waals surface area contributed by atoms with E-state index in [9.17, 15) is 18.0 Å². The predicted molar refractivity (Wildman–Crippen MR) is 188 cm³/mol. The van der Waals surface area contributed by atoms with E-state index in [4.69, 9.17) is 27.9 Å². The van der Waals surface area contributed by atoms with Crippen molar-refractivity contribution in [2.45, 2.75) is 50.6 Å². The summed E-state index contributed by atoms with van der Waals surface area (Å²) in [7, 11) is -2.91. The molecule has 0 spiro atoms. The Labute approximate surface area is 287 Å². The molecular weight excluding hydrogens is 657 g/mol. The molecule has 248 valence electrons. The third kappa shape index (κ3) is 9.50. The van der Waals surface area contributed by atoms with Gasteiger partial charge >= 0.3 is 0 Å². The van der Waals surface area contributed by atoms with Crippen LogP contribution in [0.5, 0.6) is 5.75 Å². The third-order valence-corrected chi connectivity index (χ3v) is 9.93. The van der Waals surface area contributed by atoms with Gasteiger partial charge < -0.3 is 15.0 Å². The van der Waals surface area contributed by atoms with Crippen LogP contribution in [-0.2, 0) is 32.6 Å². The molecule has 0 fully saturated rings. The average Bonchev–Trinajstić information content (AvgIpc) is 3.06. The van der Waals surface area contributed by atoms with Gasteiger partial charge in [0.15, 0.2) is 0 Å². The second-order valence-electron chi connectivity index (χ2n) is 11.1. The molecule has 4 rings (SSSR count). The monoisotopic (exact) mass is 695 g/mol. The molecule has 4 aromatic carbocycles. The number of sulfonamides is 1. The number of amides is 2. The molecule has 0 aliphatic rings. The van der Waals surface area contributed by atoms with Crippen molar-refractivity contribution in [3.8, 4) is 5.75 Å². The average molecular weight is 697 g/mol.